The molecule has 4 heteroatoms. The smallest absolute Gasteiger partial charge is 0.328 e. The molecule has 0 saturated heterocycles. The fraction of sp³-hybridized carbons (Fsp3) is 0.143. The van der Waals surface area contributed by atoms with Crippen LogP contribution in [-0.2, 0) is 11.8 Å². The molecule has 0 radical (unpaired) electrons. The molecule has 0 unspecified atom stereocenters. The quantitative estimate of drug-likeness (QED) is 0.841. The van der Waals surface area contributed by atoms with Crippen LogP contribution in [-0.4, -0.2) is 20.9 Å². The number of aryl methyl sites for hydroxylation is 2. The average Bonchev–Trinajstić information content (AvgIpc) is 2.69. The molecule has 0 atom stereocenters. The first-order chi connectivity index (χ1) is 8.58. The Bertz CT molecular complexity index is 595. The number of rotatable bonds is 3. The molecule has 0 amide bonds. The molecule has 1 aromatic carbocycles. The maximum atomic E-state index is 10.6. The lowest BCUT2D eigenvalue weighted by atomic mass is 10.1. The zero-order chi connectivity index (χ0) is 13.1. The van der Waals surface area contributed by atoms with E-state index in [1.807, 2.05) is 38.2 Å². The Hall–Kier alpha value is -2.36. The van der Waals surface area contributed by atoms with Gasteiger partial charge in [-0.1, -0.05) is 29.8 Å². The van der Waals surface area contributed by atoms with Gasteiger partial charge in [0.15, 0.2) is 0 Å². The summed E-state index contributed by atoms with van der Waals surface area (Å²) in [6.45, 7) is 2.03. The number of benzene rings is 1. The molecule has 0 spiro atoms. The van der Waals surface area contributed by atoms with Crippen molar-refractivity contribution < 1.29 is 9.90 Å². The number of hydrogen-bond acceptors (Lipinski definition) is 2. The van der Waals surface area contributed by atoms with Gasteiger partial charge in [0.25, 0.3) is 0 Å². The van der Waals surface area contributed by atoms with Crippen LogP contribution in [0.2, 0.25) is 0 Å². The van der Waals surface area contributed by atoms with E-state index in [2.05, 4.69) is 5.10 Å². The van der Waals surface area contributed by atoms with Crippen molar-refractivity contribution >= 4 is 12.0 Å². The molecular formula is C14H14N2O2. The number of hydrogen-bond donors (Lipinski definition) is 1. The van der Waals surface area contributed by atoms with Crippen molar-refractivity contribution in [3.8, 4) is 11.3 Å². The largest absolute Gasteiger partial charge is 0.478 e. The summed E-state index contributed by atoms with van der Waals surface area (Å²) < 4.78 is 1.74. The predicted molar refractivity (Wildman–Crippen MR) is 70.1 cm³/mol. The number of carboxylic acids is 1. The van der Waals surface area contributed by atoms with Gasteiger partial charge in [-0.25, -0.2) is 4.79 Å². The third-order valence-corrected chi connectivity index (χ3v) is 2.70. The average molecular weight is 242 g/mol. The Kier molecular flexibility index (Phi) is 3.28. The minimum Gasteiger partial charge on any atom is -0.478 e. The summed E-state index contributed by atoms with van der Waals surface area (Å²) in [7, 11) is 1.84. The lowest BCUT2D eigenvalue weighted by Crippen LogP contribution is -1.94. The summed E-state index contributed by atoms with van der Waals surface area (Å²) in [6.07, 6.45) is 4.34. The summed E-state index contributed by atoms with van der Waals surface area (Å²) in [6, 6.07) is 8.05. The molecule has 1 aromatic heterocycles. The van der Waals surface area contributed by atoms with Crippen LogP contribution in [0.3, 0.4) is 0 Å². The van der Waals surface area contributed by atoms with E-state index in [-0.39, 0.29) is 0 Å². The van der Waals surface area contributed by atoms with Crippen LogP contribution in [0.15, 0.2) is 36.5 Å². The summed E-state index contributed by atoms with van der Waals surface area (Å²) in [5, 5.41) is 12.8. The van der Waals surface area contributed by atoms with Crippen LogP contribution in [0.5, 0.6) is 0 Å². The highest BCUT2D eigenvalue weighted by atomic mass is 16.4. The summed E-state index contributed by atoms with van der Waals surface area (Å²) in [5.74, 6) is -0.964. The monoisotopic (exact) mass is 242 g/mol. The molecule has 92 valence electrons. The fourth-order valence-corrected chi connectivity index (χ4v) is 1.80. The standard InChI is InChI=1S/C14H14N2O2/c1-10-3-5-11(6-4-10)14-12(7-8-13(17)18)9-15-16(14)2/h3-9H,1-2H3,(H,17,18). The first-order valence-electron chi connectivity index (χ1n) is 5.58. The summed E-state index contributed by atoms with van der Waals surface area (Å²) in [5.41, 5.74) is 3.91. The molecule has 0 aliphatic rings. The Balaban J connectivity index is 2.46. The van der Waals surface area contributed by atoms with Crippen molar-refractivity contribution in [2.24, 2.45) is 7.05 Å². The van der Waals surface area contributed by atoms with E-state index in [9.17, 15) is 4.79 Å². The van der Waals surface area contributed by atoms with Gasteiger partial charge < -0.3 is 5.11 Å². The molecule has 1 heterocycles. The first kappa shape index (κ1) is 12.1. The Morgan fingerprint density at radius 3 is 2.61 bits per heavy atom. The fourth-order valence-electron chi connectivity index (χ4n) is 1.80. The number of nitrogens with zero attached hydrogens (tertiary/aromatic N) is 2. The van der Waals surface area contributed by atoms with Gasteiger partial charge in [-0.3, -0.25) is 4.68 Å². The molecule has 1 N–H and O–H groups in total. The molecule has 18 heavy (non-hydrogen) atoms. The topological polar surface area (TPSA) is 55.1 Å². The third kappa shape index (κ3) is 2.48. The SMILES string of the molecule is Cc1ccc(-c2c(C=CC(=O)O)cnn2C)cc1. The van der Waals surface area contributed by atoms with Gasteiger partial charge in [-0.15, -0.1) is 0 Å². The molecule has 2 rings (SSSR count). The number of aromatic nitrogens is 2. The van der Waals surface area contributed by atoms with E-state index in [0.29, 0.717) is 0 Å². The second-order valence-electron chi connectivity index (χ2n) is 4.11. The first-order valence-corrected chi connectivity index (χ1v) is 5.58. The highest BCUT2D eigenvalue weighted by molar-refractivity contribution is 5.87. The van der Waals surface area contributed by atoms with E-state index in [0.717, 1.165) is 22.9 Å². The van der Waals surface area contributed by atoms with E-state index in [4.69, 9.17) is 5.11 Å². The van der Waals surface area contributed by atoms with Gasteiger partial charge in [-0.2, -0.15) is 5.10 Å². The highest BCUT2D eigenvalue weighted by Crippen LogP contribution is 2.24. The third-order valence-electron chi connectivity index (χ3n) is 2.70. The van der Waals surface area contributed by atoms with Crippen molar-refractivity contribution in [3.63, 3.8) is 0 Å². The Morgan fingerprint density at radius 1 is 1.33 bits per heavy atom. The van der Waals surface area contributed by atoms with Crippen LogP contribution in [0, 0.1) is 6.92 Å². The van der Waals surface area contributed by atoms with Crippen LogP contribution < -0.4 is 0 Å². The Morgan fingerprint density at radius 2 is 2.00 bits per heavy atom. The van der Waals surface area contributed by atoms with E-state index >= 15 is 0 Å². The maximum absolute atomic E-state index is 10.6. The summed E-state index contributed by atoms with van der Waals surface area (Å²) in [4.78, 5) is 10.6. The molecule has 2 aromatic rings. The van der Waals surface area contributed by atoms with Crippen LogP contribution in [0.4, 0.5) is 0 Å². The van der Waals surface area contributed by atoms with Crippen molar-refractivity contribution in [2.45, 2.75) is 6.92 Å². The van der Waals surface area contributed by atoms with Crippen molar-refractivity contribution in [3.05, 3.63) is 47.7 Å². The number of aliphatic carboxylic acids is 1. The predicted octanol–water partition coefficient (Wildman–Crippen LogP) is 2.49. The lowest BCUT2D eigenvalue weighted by Gasteiger charge is -2.04. The van der Waals surface area contributed by atoms with Crippen LogP contribution in [0.25, 0.3) is 17.3 Å². The molecule has 0 aliphatic heterocycles. The zero-order valence-electron chi connectivity index (χ0n) is 10.3. The van der Waals surface area contributed by atoms with Gasteiger partial charge in [0.05, 0.1) is 11.9 Å². The lowest BCUT2D eigenvalue weighted by molar-refractivity contribution is -0.131. The van der Waals surface area contributed by atoms with Gasteiger partial charge in [-0.05, 0) is 13.0 Å². The van der Waals surface area contributed by atoms with Crippen LogP contribution in [0.1, 0.15) is 11.1 Å². The molecule has 0 bridgehead atoms. The van der Waals surface area contributed by atoms with E-state index in [1.165, 1.54) is 5.56 Å². The minimum atomic E-state index is -0.964. The minimum absolute atomic E-state index is 0.795. The number of carboxylic acid groups (broad SMARTS) is 1. The van der Waals surface area contributed by atoms with Crippen molar-refractivity contribution in [2.75, 3.05) is 0 Å². The van der Waals surface area contributed by atoms with E-state index < -0.39 is 5.97 Å². The maximum Gasteiger partial charge on any atom is 0.328 e. The van der Waals surface area contributed by atoms with Crippen molar-refractivity contribution in [1.29, 1.82) is 0 Å². The van der Waals surface area contributed by atoms with E-state index in [1.54, 1.807) is 17.0 Å². The number of carbonyl (C=O) groups is 1. The normalized spacial score (nSPS) is 11.0. The van der Waals surface area contributed by atoms with Gasteiger partial charge in [0.1, 0.15) is 0 Å². The second-order valence-corrected chi connectivity index (χ2v) is 4.11. The Labute approximate surface area is 105 Å². The zero-order valence-corrected chi connectivity index (χ0v) is 10.3. The molecule has 0 aliphatic carbocycles. The van der Waals surface area contributed by atoms with Gasteiger partial charge >= 0.3 is 5.97 Å². The molecule has 4 nitrogen and oxygen atoms in total. The van der Waals surface area contributed by atoms with Gasteiger partial charge in [0.2, 0.25) is 0 Å². The highest BCUT2D eigenvalue weighted by Gasteiger charge is 2.08. The molecular weight excluding hydrogens is 228 g/mol. The molecule has 0 saturated carbocycles. The summed E-state index contributed by atoms with van der Waals surface area (Å²) >= 11 is 0. The molecule has 0 fully saturated rings. The van der Waals surface area contributed by atoms with Crippen LogP contribution >= 0.6 is 0 Å². The second kappa shape index (κ2) is 4.87. The van der Waals surface area contributed by atoms with Gasteiger partial charge in [0, 0.05) is 24.3 Å². The van der Waals surface area contributed by atoms with Crippen molar-refractivity contribution in [1.82, 2.24) is 9.78 Å².